The van der Waals surface area contributed by atoms with Crippen LogP contribution in [0.15, 0.2) is 29.3 Å². The minimum Gasteiger partial charge on any atom is -0.497 e. The number of aromatic nitrogens is 2. The Morgan fingerprint density at radius 2 is 1.76 bits per heavy atom. The average Bonchev–Trinajstić information content (AvgIpc) is 2.83. The van der Waals surface area contributed by atoms with Crippen LogP contribution in [0.3, 0.4) is 0 Å². The fourth-order valence-corrected chi connectivity index (χ4v) is 6.86. The van der Waals surface area contributed by atoms with E-state index in [-0.39, 0.29) is 12.6 Å². The number of ether oxygens (including phenoxy) is 2. The summed E-state index contributed by atoms with van der Waals surface area (Å²) in [4.78, 5) is 13.8. The van der Waals surface area contributed by atoms with Crippen molar-refractivity contribution >= 4 is 16.0 Å². The molecule has 186 valence electrons. The molecule has 3 heterocycles. The van der Waals surface area contributed by atoms with Crippen molar-refractivity contribution in [2.24, 2.45) is 0 Å². The number of piperidine rings is 1. The number of rotatable bonds is 7. The van der Waals surface area contributed by atoms with Crippen molar-refractivity contribution in [2.45, 2.75) is 44.0 Å². The molecule has 4 rings (SSSR count). The van der Waals surface area contributed by atoms with E-state index < -0.39 is 10.0 Å². The van der Waals surface area contributed by atoms with Gasteiger partial charge in [-0.2, -0.15) is 9.29 Å². The Morgan fingerprint density at radius 3 is 2.44 bits per heavy atom. The Bertz CT molecular complexity index is 1080. The molecule has 0 amide bonds. The molecule has 1 atom stereocenters. The predicted octanol–water partition coefficient (Wildman–Crippen LogP) is 2.48. The fraction of sp³-hybridized carbons (Fsp3) is 0.583. The lowest BCUT2D eigenvalue weighted by Gasteiger charge is -2.35. The summed E-state index contributed by atoms with van der Waals surface area (Å²) in [5.41, 5.74) is 1.38. The third-order valence-corrected chi connectivity index (χ3v) is 8.89. The second-order valence-corrected chi connectivity index (χ2v) is 11.0. The van der Waals surface area contributed by atoms with Crippen LogP contribution in [0.1, 0.15) is 30.4 Å². The van der Waals surface area contributed by atoms with E-state index in [4.69, 9.17) is 9.47 Å². The topological polar surface area (TPSA) is 88.1 Å². The van der Waals surface area contributed by atoms with E-state index in [2.05, 4.69) is 26.8 Å². The number of aryl methyl sites for hydroxylation is 2. The monoisotopic (exact) mass is 489 g/mol. The van der Waals surface area contributed by atoms with E-state index >= 15 is 0 Å². The van der Waals surface area contributed by atoms with Gasteiger partial charge in [-0.25, -0.2) is 13.4 Å². The zero-order valence-electron chi connectivity index (χ0n) is 20.5. The van der Waals surface area contributed by atoms with Crippen molar-refractivity contribution in [3.8, 4) is 11.6 Å². The van der Waals surface area contributed by atoms with Crippen molar-refractivity contribution in [3.05, 3.63) is 35.5 Å². The summed E-state index contributed by atoms with van der Waals surface area (Å²) >= 11 is 0. The minimum absolute atomic E-state index is 0.248. The summed E-state index contributed by atoms with van der Waals surface area (Å²) < 4.78 is 40.4. The fourth-order valence-electron chi connectivity index (χ4n) is 4.76. The molecule has 34 heavy (non-hydrogen) atoms. The Morgan fingerprint density at radius 1 is 1.06 bits per heavy atom. The van der Waals surface area contributed by atoms with Crippen LogP contribution in [0.2, 0.25) is 0 Å². The number of nitrogens with zero attached hydrogens (tertiary/aromatic N) is 5. The molecule has 0 saturated carbocycles. The van der Waals surface area contributed by atoms with Gasteiger partial charge in [-0.1, -0.05) is 6.42 Å². The van der Waals surface area contributed by atoms with Gasteiger partial charge in [-0.3, -0.25) is 0 Å². The standard InChI is InChI=1S/C24H35N5O4S/c1-18-15-21(32-4)16-19(2)23(18)34(30,31)29-10-6-5-7-20(29)17-33-22-8-9-25-24(26-22)28-13-11-27(3)12-14-28/h8-9,15-16,20H,5-7,10-14,17H2,1-4H3. The SMILES string of the molecule is COc1cc(C)c(S(=O)(=O)N2CCCCC2COc2ccnc(N3CCN(C)CC3)n2)c(C)c1. The van der Waals surface area contributed by atoms with Gasteiger partial charge in [-0.15, -0.1) is 0 Å². The molecule has 1 unspecified atom stereocenters. The highest BCUT2D eigenvalue weighted by Gasteiger charge is 2.36. The lowest BCUT2D eigenvalue weighted by atomic mass is 10.1. The highest BCUT2D eigenvalue weighted by Crippen LogP contribution is 2.32. The maximum absolute atomic E-state index is 13.7. The quantitative estimate of drug-likeness (QED) is 0.586. The van der Waals surface area contributed by atoms with Crippen molar-refractivity contribution < 1.29 is 17.9 Å². The number of sulfonamides is 1. The first-order valence-electron chi connectivity index (χ1n) is 11.9. The lowest BCUT2D eigenvalue weighted by molar-refractivity contribution is 0.165. The van der Waals surface area contributed by atoms with Gasteiger partial charge in [0, 0.05) is 45.0 Å². The van der Waals surface area contributed by atoms with Crippen LogP contribution in [-0.2, 0) is 10.0 Å². The van der Waals surface area contributed by atoms with Crippen LogP contribution in [0, 0.1) is 13.8 Å². The van der Waals surface area contributed by atoms with Crippen LogP contribution in [0.4, 0.5) is 5.95 Å². The van der Waals surface area contributed by atoms with Crippen molar-refractivity contribution in [1.82, 2.24) is 19.2 Å². The molecule has 0 spiro atoms. The Balaban J connectivity index is 1.50. The van der Waals surface area contributed by atoms with E-state index in [0.29, 0.717) is 40.1 Å². The highest BCUT2D eigenvalue weighted by molar-refractivity contribution is 7.89. The van der Waals surface area contributed by atoms with Gasteiger partial charge in [0.1, 0.15) is 12.4 Å². The van der Waals surface area contributed by atoms with Gasteiger partial charge in [0.25, 0.3) is 0 Å². The minimum atomic E-state index is -3.68. The molecule has 2 aliphatic heterocycles. The summed E-state index contributed by atoms with van der Waals surface area (Å²) in [6.45, 7) is 8.05. The van der Waals surface area contributed by atoms with Gasteiger partial charge < -0.3 is 19.3 Å². The maximum atomic E-state index is 13.7. The molecule has 2 fully saturated rings. The van der Waals surface area contributed by atoms with Crippen LogP contribution < -0.4 is 14.4 Å². The Labute approximate surface area is 202 Å². The first-order chi connectivity index (χ1) is 16.3. The number of hydrogen-bond acceptors (Lipinski definition) is 8. The van der Waals surface area contributed by atoms with E-state index in [1.54, 1.807) is 35.8 Å². The molecule has 1 aromatic carbocycles. The molecule has 0 N–H and O–H groups in total. The van der Waals surface area contributed by atoms with Gasteiger partial charge in [0.15, 0.2) is 0 Å². The molecule has 2 saturated heterocycles. The van der Waals surface area contributed by atoms with Crippen molar-refractivity contribution in [3.63, 3.8) is 0 Å². The molecule has 0 radical (unpaired) electrons. The average molecular weight is 490 g/mol. The summed E-state index contributed by atoms with van der Waals surface area (Å²) in [7, 11) is 0.0135. The number of anilines is 1. The molecule has 0 aliphatic carbocycles. The molecule has 9 nitrogen and oxygen atoms in total. The molecule has 2 aliphatic rings. The summed E-state index contributed by atoms with van der Waals surface area (Å²) in [6.07, 6.45) is 4.27. The van der Waals surface area contributed by atoms with E-state index in [1.165, 1.54) is 0 Å². The van der Waals surface area contributed by atoms with Crippen LogP contribution in [0.5, 0.6) is 11.6 Å². The number of benzene rings is 1. The molecule has 1 aromatic heterocycles. The largest absolute Gasteiger partial charge is 0.497 e. The third kappa shape index (κ3) is 5.29. The van der Waals surface area contributed by atoms with Crippen molar-refractivity contribution in [1.29, 1.82) is 0 Å². The summed E-state index contributed by atoms with van der Waals surface area (Å²) in [6, 6.07) is 5.03. The first-order valence-corrected chi connectivity index (χ1v) is 13.3. The Hall–Kier alpha value is -2.43. The van der Waals surface area contributed by atoms with E-state index in [9.17, 15) is 8.42 Å². The molecule has 10 heteroatoms. The van der Waals surface area contributed by atoms with Gasteiger partial charge in [0.2, 0.25) is 21.9 Å². The normalized spacial score (nSPS) is 20.4. The van der Waals surface area contributed by atoms with E-state index in [1.807, 2.05) is 13.8 Å². The van der Waals surface area contributed by atoms with Gasteiger partial charge in [0.05, 0.1) is 18.0 Å². The second kappa shape index (κ2) is 10.5. The number of likely N-dealkylation sites (N-methyl/N-ethyl adjacent to an activating group) is 1. The number of piperazine rings is 1. The van der Waals surface area contributed by atoms with E-state index in [0.717, 1.165) is 45.4 Å². The summed E-state index contributed by atoms with van der Waals surface area (Å²) in [5.74, 6) is 1.79. The molecular formula is C24H35N5O4S. The number of methoxy groups -OCH3 is 1. The van der Waals surface area contributed by atoms with Gasteiger partial charge >= 0.3 is 0 Å². The summed E-state index contributed by atoms with van der Waals surface area (Å²) in [5, 5.41) is 0. The Kier molecular flexibility index (Phi) is 7.59. The molecule has 2 aromatic rings. The zero-order valence-corrected chi connectivity index (χ0v) is 21.3. The number of hydrogen-bond donors (Lipinski definition) is 0. The maximum Gasteiger partial charge on any atom is 0.243 e. The molecular weight excluding hydrogens is 454 g/mol. The molecule has 0 bridgehead atoms. The predicted molar refractivity (Wildman–Crippen MR) is 131 cm³/mol. The van der Waals surface area contributed by atoms with Crippen molar-refractivity contribution in [2.75, 3.05) is 58.4 Å². The van der Waals surface area contributed by atoms with Gasteiger partial charge in [-0.05, 0) is 57.0 Å². The zero-order chi connectivity index (χ0) is 24.3. The lowest BCUT2D eigenvalue weighted by Crippen LogP contribution is -2.47. The third-order valence-electron chi connectivity index (χ3n) is 6.64. The van der Waals surface area contributed by atoms with Crippen LogP contribution in [0.25, 0.3) is 0 Å². The first kappa shape index (κ1) is 24.7. The van der Waals surface area contributed by atoms with Crippen LogP contribution in [-0.4, -0.2) is 87.1 Å². The smallest absolute Gasteiger partial charge is 0.243 e. The second-order valence-electron chi connectivity index (χ2n) is 9.15. The highest BCUT2D eigenvalue weighted by atomic mass is 32.2. The van der Waals surface area contributed by atoms with Crippen LogP contribution >= 0.6 is 0 Å².